The first kappa shape index (κ1) is 27.1. The van der Waals surface area contributed by atoms with Crippen LogP contribution in [0.1, 0.15) is 39.0 Å². The minimum absolute atomic E-state index is 0. The zero-order chi connectivity index (χ0) is 19.6. The number of hydrogen-bond acceptors (Lipinski definition) is 3. The first-order valence-electron chi connectivity index (χ1n) is 6.59. The van der Waals surface area contributed by atoms with Crippen molar-refractivity contribution in [3.63, 3.8) is 0 Å². The maximum Gasteiger partial charge on any atom is 1.00 e. The van der Waals surface area contributed by atoms with Gasteiger partial charge in [0, 0.05) is 0 Å². The Bertz CT molecular complexity index is 525. The second kappa shape index (κ2) is 8.71. The molecular formula is C11H14F9LiO3S. The maximum absolute atomic E-state index is 13.3. The Kier molecular flexibility index (Phi) is 9.44. The molecule has 0 fully saturated rings. The van der Waals surface area contributed by atoms with Crippen LogP contribution in [0.25, 0.3) is 0 Å². The Morgan fingerprint density at radius 1 is 0.880 bits per heavy atom. The van der Waals surface area contributed by atoms with Gasteiger partial charge in [-0.05, 0) is 6.42 Å². The molecule has 0 saturated heterocycles. The molecule has 0 N–H and O–H groups in total. The molecule has 0 aromatic heterocycles. The number of hydrogen-bond donors (Lipinski definition) is 0. The maximum atomic E-state index is 13.3. The minimum atomic E-state index is -7.42. The summed E-state index contributed by atoms with van der Waals surface area (Å²) in [5.41, 5.74) is 0. The summed E-state index contributed by atoms with van der Waals surface area (Å²) in [5, 5.41) is -7.06. The average Bonchev–Trinajstić information content (AvgIpc) is 2.41. The zero-order valence-corrected chi connectivity index (χ0v) is 14.0. The number of alkyl halides is 9. The molecule has 0 spiro atoms. The van der Waals surface area contributed by atoms with Crippen LogP contribution in [0.5, 0.6) is 0 Å². The third-order valence-electron chi connectivity index (χ3n) is 3.20. The van der Waals surface area contributed by atoms with Gasteiger partial charge in [-0.2, -0.15) is 35.1 Å². The topological polar surface area (TPSA) is 57.2 Å². The van der Waals surface area contributed by atoms with Crippen molar-refractivity contribution in [2.45, 2.75) is 68.2 Å². The van der Waals surface area contributed by atoms with Crippen molar-refractivity contribution in [2.24, 2.45) is 0 Å². The minimum Gasteiger partial charge on any atom is -0.743 e. The molecule has 0 bridgehead atoms. The first-order valence-corrected chi connectivity index (χ1v) is 8.00. The Morgan fingerprint density at radius 2 is 1.32 bits per heavy atom. The Morgan fingerprint density at radius 3 is 1.68 bits per heavy atom. The van der Waals surface area contributed by atoms with Gasteiger partial charge in [-0.25, -0.2) is 12.8 Å². The van der Waals surface area contributed by atoms with Crippen LogP contribution in [0, 0.1) is 0 Å². The second-order valence-corrected chi connectivity index (χ2v) is 6.48. The fourth-order valence-corrected chi connectivity index (χ4v) is 2.12. The van der Waals surface area contributed by atoms with Crippen molar-refractivity contribution in [2.75, 3.05) is 0 Å². The predicted molar refractivity (Wildman–Crippen MR) is 63.1 cm³/mol. The van der Waals surface area contributed by atoms with E-state index in [1.807, 2.05) is 0 Å². The molecule has 0 rings (SSSR count). The van der Waals surface area contributed by atoms with Crippen molar-refractivity contribution in [1.29, 1.82) is 0 Å². The third-order valence-corrected chi connectivity index (χ3v) is 4.08. The van der Waals surface area contributed by atoms with Crippen LogP contribution < -0.4 is 18.9 Å². The van der Waals surface area contributed by atoms with Crippen LogP contribution in [0.2, 0.25) is 0 Å². The first-order chi connectivity index (χ1) is 10.5. The number of unbranched alkanes of at least 4 members (excludes halogenated alkanes) is 3. The standard InChI is InChI=1S/C11H15F9O3S.Li/c1-2-3-4-5-6-7(12)8(13,14)9(15,16)10(17,18)11(19,20)24(21,22)23;/h7H,2-6H2,1H3,(H,21,22,23);/q;+1/p-1. The number of rotatable bonds is 10. The van der Waals surface area contributed by atoms with E-state index in [-0.39, 0.29) is 25.3 Å². The molecule has 14 heteroatoms. The van der Waals surface area contributed by atoms with Gasteiger partial charge in [-0.3, -0.25) is 0 Å². The summed E-state index contributed by atoms with van der Waals surface area (Å²) in [7, 11) is -7.42. The fourth-order valence-electron chi connectivity index (χ4n) is 1.68. The Balaban J connectivity index is 0. The molecule has 0 aromatic carbocycles. The smallest absolute Gasteiger partial charge is 0.743 e. The van der Waals surface area contributed by atoms with E-state index in [0.717, 1.165) is 0 Å². The third kappa shape index (κ3) is 4.99. The molecule has 0 radical (unpaired) electrons. The van der Waals surface area contributed by atoms with E-state index in [4.69, 9.17) is 0 Å². The predicted octanol–water partition coefficient (Wildman–Crippen LogP) is 1.34. The molecule has 0 aromatic rings. The van der Waals surface area contributed by atoms with E-state index in [0.29, 0.717) is 12.8 Å². The molecule has 0 amide bonds. The van der Waals surface area contributed by atoms with Crippen LogP contribution in [-0.2, 0) is 10.1 Å². The van der Waals surface area contributed by atoms with E-state index in [2.05, 4.69) is 0 Å². The summed E-state index contributed by atoms with van der Waals surface area (Å²) in [6.45, 7) is 1.67. The van der Waals surface area contributed by atoms with Gasteiger partial charge in [0.1, 0.15) is 0 Å². The Labute approximate surface area is 150 Å². The molecule has 146 valence electrons. The van der Waals surface area contributed by atoms with E-state index in [1.54, 1.807) is 6.92 Å². The summed E-state index contributed by atoms with van der Waals surface area (Å²) in [6.07, 6.45) is -4.65. The van der Waals surface area contributed by atoms with Crippen molar-refractivity contribution < 1.29 is 71.3 Å². The van der Waals surface area contributed by atoms with Gasteiger partial charge >= 0.3 is 41.9 Å². The largest absolute Gasteiger partial charge is 1.00 e. The normalized spacial score (nSPS) is 15.6. The summed E-state index contributed by atoms with van der Waals surface area (Å²) in [6, 6.07) is 0. The van der Waals surface area contributed by atoms with Crippen LogP contribution >= 0.6 is 0 Å². The molecule has 0 aliphatic heterocycles. The monoisotopic (exact) mass is 404 g/mol. The van der Waals surface area contributed by atoms with Crippen LogP contribution in [0.4, 0.5) is 39.5 Å². The summed E-state index contributed by atoms with van der Waals surface area (Å²) in [4.78, 5) is 0. The number of halogens is 9. The van der Waals surface area contributed by atoms with Crippen molar-refractivity contribution in [3.05, 3.63) is 0 Å². The molecule has 0 saturated carbocycles. The van der Waals surface area contributed by atoms with Gasteiger partial charge in [0.2, 0.25) is 0 Å². The van der Waals surface area contributed by atoms with Gasteiger partial charge in [0.25, 0.3) is 0 Å². The average molecular weight is 404 g/mol. The fraction of sp³-hybridized carbons (Fsp3) is 1.00. The zero-order valence-electron chi connectivity index (χ0n) is 13.1. The SMILES string of the molecule is CCCCCCC(F)C(F)(F)C(F)(F)C(F)(F)C(F)(F)S(=O)(=O)[O-].[Li+]. The van der Waals surface area contributed by atoms with Crippen molar-refractivity contribution in [3.8, 4) is 0 Å². The van der Waals surface area contributed by atoms with Crippen LogP contribution in [0.3, 0.4) is 0 Å². The van der Waals surface area contributed by atoms with E-state index in [9.17, 15) is 52.5 Å². The van der Waals surface area contributed by atoms with Gasteiger partial charge < -0.3 is 4.55 Å². The summed E-state index contributed by atoms with van der Waals surface area (Å²) < 4.78 is 148. The summed E-state index contributed by atoms with van der Waals surface area (Å²) in [5.74, 6) is -20.8. The van der Waals surface area contributed by atoms with Gasteiger partial charge in [0.15, 0.2) is 16.3 Å². The van der Waals surface area contributed by atoms with Crippen LogP contribution in [0.15, 0.2) is 0 Å². The molecule has 25 heavy (non-hydrogen) atoms. The quantitative estimate of drug-likeness (QED) is 0.239. The van der Waals surface area contributed by atoms with Crippen LogP contribution in [-0.4, -0.2) is 42.2 Å². The molecule has 3 nitrogen and oxygen atoms in total. The van der Waals surface area contributed by atoms with Gasteiger partial charge in [0.05, 0.1) is 0 Å². The molecular weight excluding hydrogens is 390 g/mol. The van der Waals surface area contributed by atoms with Crippen molar-refractivity contribution in [1.82, 2.24) is 0 Å². The van der Waals surface area contributed by atoms with Gasteiger partial charge in [-0.1, -0.05) is 32.6 Å². The van der Waals surface area contributed by atoms with E-state index < -0.39 is 52.2 Å². The molecule has 0 aliphatic carbocycles. The van der Waals surface area contributed by atoms with Crippen molar-refractivity contribution >= 4 is 10.1 Å². The van der Waals surface area contributed by atoms with E-state index in [1.165, 1.54) is 0 Å². The Hall–Kier alpha value is -0.123. The molecule has 1 unspecified atom stereocenters. The summed E-state index contributed by atoms with van der Waals surface area (Å²) >= 11 is 0. The van der Waals surface area contributed by atoms with Gasteiger partial charge in [-0.15, -0.1) is 0 Å². The second-order valence-electron chi connectivity index (χ2n) is 5.06. The molecule has 1 atom stereocenters. The molecule has 0 aliphatic rings. The van der Waals surface area contributed by atoms with E-state index >= 15 is 0 Å². The molecule has 0 heterocycles.